The SMILES string of the molecule is O=C(O)Cc1nc(-c2ccc(F)cc2)oc1-c1cc2ccccc2o1. The molecule has 4 aromatic rings. The number of carbonyl (C=O) groups is 1. The Balaban J connectivity index is 1.84. The first kappa shape index (κ1) is 15.1. The highest BCUT2D eigenvalue weighted by Gasteiger charge is 2.21. The number of fused-ring (bicyclic) bond motifs is 1. The van der Waals surface area contributed by atoms with E-state index in [0.29, 0.717) is 16.9 Å². The molecule has 0 aliphatic rings. The van der Waals surface area contributed by atoms with Crippen molar-refractivity contribution in [2.24, 2.45) is 0 Å². The van der Waals surface area contributed by atoms with Crippen LogP contribution in [0.2, 0.25) is 0 Å². The highest BCUT2D eigenvalue weighted by atomic mass is 19.1. The number of halogens is 1. The van der Waals surface area contributed by atoms with E-state index in [9.17, 15) is 9.18 Å². The summed E-state index contributed by atoms with van der Waals surface area (Å²) in [7, 11) is 0. The fraction of sp³-hybridized carbons (Fsp3) is 0.0526. The van der Waals surface area contributed by atoms with E-state index < -0.39 is 5.97 Å². The quantitative estimate of drug-likeness (QED) is 0.592. The number of oxazole rings is 1. The first-order valence-electron chi connectivity index (χ1n) is 7.56. The molecule has 5 nitrogen and oxygen atoms in total. The van der Waals surface area contributed by atoms with Crippen molar-refractivity contribution in [3.05, 3.63) is 66.1 Å². The van der Waals surface area contributed by atoms with Gasteiger partial charge in [0.25, 0.3) is 0 Å². The van der Waals surface area contributed by atoms with Gasteiger partial charge in [-0.05, 0) is 36.4 Å². The van der Waals surface area contributed by atoms with E-state index in [4.69, 9.17) is 13.9 Å². The third-order valence-corrected chi connectivity index (χ3v) is 3.76. The molecule has 0 fully saturated rings. The number of aromatic nitrogens is 1. The van der Waals surface area contributed by atoms with Crippen LogP contribution in [0, 0.1) is 5.82 Å². The Morgan fingerprint density at radius 3 is 2.56 bits per heavy atom. The van der Waals surface area contributed by atoms with Crippen LogP contribution >= 0.6 is 0 Å². The molecule has 0 atom stereocenters. The molecule has 0 aliphatic heterocycles. The molecule has 0 saturated carbocycles. The Morgan fingerprint density at radius 1 is 1.08 bits per heavy atom. The molecular formula is C19H12FNO4. The minimum absolute atomic E-state index is 0.215. The molecule has 4 rings (SSSR count). The number of hydrogen-bond acceptors (Lipinski definition) is 4. The summed E-state index contributed by atoms with van der Waals surface area (Å²) in [6.07, 6.45) is -0.308. The first-order valence-corrected chi connectivity index (χ1v) is 7.56. The van der Waals surface area contributed by atoms with Gasteiger partial charge in [0.05, 0.1) is 6.42 Å². The average Bonchev–Trinajstić information content (AvgIpc) is 3.18. The van der Waals surface area contributed by atoms with Gasteiger partial charge >= 0.3 is 5.97 Å². The standard InChI is InChI=1S/C19H12FNO4/c20-13-7-5-11(6-8-13)19-21-14(10-17(22)23)18(25-19)16-9-12-3-1-2-4-15(12)24-16/h1-9H,10H2,(H,22,23). The van der Waals surface area contributed by atoms with Crippen LogP contribution in [0.5, 0.6) is 0 Å². The molecule has 0 spiro atoms. The number of furan rings is 1. The molecule has 2 aromatic heterocycles. The van der Waals surface area contributed by atoms with E-state index in [1.54, 1.807) is 6.07 Å². The van der Waals surface area contributed by atoms with E-state index in [2.05, 4.69) is 4.98 Å². The monoisotopic (exact) mass is 337 g/mol. The maximum atomic E-state index is 13.1. The number of para-hydroxylation sites is 1. The van der Waals surface area contributed by atoms with Crippen molar-refractivity contribution in [3.8, 4) is 23.0 Å². The fourth-order valence-electron chi connectivity index (χ4n) is 2.62. The zero-order valence-electron chi connectivity index (χ0n) is 12.9. The van der Waals surface area contributed by atoms with Gasteiger partial charge in [0.15, 0.2) is 11.5 Å². The van der Waals surface area contributed by atoms with Gasteiger partial charge in [0, 0.05) is 10.9 Å². The highest BCUT2D eigenvalue weighted by Crippen LogP contribution is 2.33. The van der Waals surface area contributed by atoms with Gasteiger partial charge < -0.3 is 13.9 Å². The smallest absolute Gasteiger partial charge is 0.309 e. The van der Waals surface area contributed by atoms with E-state index in [-0.39, 0.29) is 29.6 Å². The molecule has 0 amide bonds. The van der Waals surface area contributed by atoms with Gasteiger partial charge in [-0.3, -0.25) is 4.79 Å². The summed E-state index contributed by atoms with van der Waals surface area (Å²) < 4.78 is 24.6. The maximum absolute atomic E-state index is 13.1. The second-order valence-corrected chi connectivity index (χ2v) is 5.52. The molecule has 0 radical (unpaired) electrons. The fourth-order valence-corrected chi connectivity index (χ4v) is 2.62. The Kier molecular flexibility index (Phi) is 3.57. The zero-order chi connectivity index (χ0) is 17.4. The number of aliphatic carboxylic acids is 1. The summed E-state index contributed by atoms with van der Waals surface area (Å²) >= 11 is 0. The molecule has 6 heteroatoms. The molecule has 124 valence electrons. The molecule has 0 aliphatic carbocycles. The lowest BCUT2D eigenvalue weighted by molar-refractivity contribution is -0.136. The number of rotatable bonds is 4. The largest absolute Gasteiger partial charge is 0.481 e. The predicted octanol–water partition coefficient (Wildman–Crippen LogP) is 4.52. The Morgan fingerprint density at radius 2 is 1.84 bits per heavy atom. The Bertz CT molecular complexity index is 1030. The normalized spacial score (nSPS) is 11.1. The van der Waals surface area contributed by atoms with E-state index >= 15 is 0 Å². The number of carboxylic acid groups (broad SMARTS) is 1. The van der Waals surface area contributed by atoms with Gasteiger partial charge in [-0.25, -0.2) is 9.37 Å². The number of nitrogens with zero attached hydrogens (tertiary/aromatic N) is 1. The zero-order valence-corrected chi connectivity index (χ0v) is 12.9. The molecule has 25 heavy (non-hydrogen) atoms. The van der Waals surface area contributed by atoms with Crippen molar-refractivity contribution in [2.75, 3.05) is 0 Å². The summed E-state index contributed by atoms with van der Waals surface area (Å²) in [6.45, 7) is 0. The van der Waals surface area contributed by atoms with Crippen LogP contribution in [-0.2, 0) is 11.2 Å². The lowest BCUT2D eigenvalue weighted by Gasteiger charge is -1.95. The average molecular weight is 337 g/mol. The Hall–Kier alpha value is -3.41. The molecule has 2 aromatic carbocycles. The van der Waals surface area contributed by atoms with Crippen LogP contribution in [0.15, 0.2) is 63.4 Å². The third kappa shape index (κ3) is 2.89. The molecule has 1 N–H and O–H groups in total. The summed E-state index contributed by atoms with van der Waals surface area (Å²) in [5, 5.41) is 10.0. The van der Waals surface area contributed by atoms with Crippen molar-refractivity contribution in [1.29, 1.82) is 0 Å². The summed E-state index contributed by atoms with van der Waals surface area (Å²) in [4.78, 5) is 15.4. The van der Waals surface area contributed by atoms with Crippen LogP contribution in [0.3, 0.4) is 0 Å². The molecule has 2 heterocycles. The van der Waals surface area contributed by atoms with Gasteiger partial charge in [0.2, 0.25) is 5.89 Å². The second-order valence-electron chi connectivity index (χ2n) is 5.52. The topological polar surface area (TPSA) is 76.5 Å². The Labute approximate surface area is 141 Å². The number of carboxylic acids is 1. The van der Waals surface area contributed by atoms with Crippen molar-refractivity contribution >= 4 is 16.9 Å². The van der Waals surface area contributed by atoms with E-state index in [1.807, 2.05) is 24.3 Å². The maximum Gasteiger partial charge on any atom is 0.309 e. The van der Waals surface area contributed by atoms with Gasteiger partial charge in [0.1, 0.15) is 17.1 Å². The molecular weight excluding hydrogens is 325 g/mol. The van der Waals surface area contributed by atoms with Crippen molar-refractivity contribution < 1.29 is 23.1 Å². The van der Waals surface area contributed by atoms with Crippen molar-refractivity contribution in [3.63, 3.8) is 0 Å². The van der Waals surface area contributed by atoms with Crippen LogP contribution < -0.4 is 0 Å². The van der Waals surface area contributed by atoms with E-state index in [1.165, 1.54) is 24.3 Å². The van der Waals surface area contributed by atoms with Gasteiger partial charge in [-0.1, -0.05) is 18.2 Å². The lowest BCUT2D eigenvalue weighted by atomic mass is 10.2. The minimum Gasteiger partial charge on any atom is -0.481 e. The van der Waals surface area contributed by atoms with Crippen molar-refractivity contribution in [1.82, 2.24) is 4.98 Å². The van der Waals surface area contributed by atoms with Crippen LogP contribution in [0.1, 0.15) is 5.69 Å². The molecule has 0 unspecified atom stereocenters. The van der Waals surface area contributed by atoms with Crippen molar-refractivity contribution in [2.45, 2.75) is 6.42 Å². The minimum atomic E-state index is -1.03. The summed E-state index contributed by atoms with van der Waals surface area (Å²) in [5.74, 6) is -0.530. The first-order chi connectivity index (χ1) is 12.1. The van der Waals surface area contributed by atoms with Crippen LogP contribution in [-0.4, -0.2) is 16.1 Å². The van der Waals surface area contributed by atoms with E-state index in [0.717, 1.165) is 5.39 Å². The lowest BCUT2D eigenvalue weighted by Crippen LogP contribution is -2.01. The molecule has 0 bridgehead atoms. The summed E-state index contributed by atoms with van der Waals surface area (Å²) in [5.41, 5.74) is 1.47. The second kappa shape index (κ2) is 5.90. The number of hydrogen-bond donors (Lipinski definition) is 1. The highest BCUT2D eigenvalue weighted by molar-refractivity contribution is 5.83. The van der Waals surface area contributed by atoms with Gasteiger partial charge in [-0.15, -0.1) is 0 Å². The number of benzene rings is 2. The summed E-state index contributed by atoms with van der Waals surface area (Å²) in [6, 6.07) is 14.8. The van der Waals surface area contributed by atoms with Crippen LogP contribution in [0.25, 0.3) is 33.9 Å². The van der Waals surface area contributed by atoms with Gasteiger partial charge in [-0.2, -0.15) is 0 Å². The van der Waals surface area contributed by atoms with Crippen LogP contribution in [0.4, 0.5) is 4.39 Å². The third-order valence-electron chi connectivity index (χ3n) is 3.76. The predicted molar refractivity (Wildman–Crippen MR) is 88.4 cm³/mol. The molecule has 0 saturated heterocycles.